The third kappa shape index (κ3) is 2.74. The number of fused-ring (bicyclic) bond motifs is 2. The Kier molecular flexibility index (Phi) is 3.84. The van der Waals surface area contributed by atoms with Gasteiger partial charge in [-0.3, -0.25) is 14.4 Å². The molecular weight excluding hydrogens is 368 g/mol. The Morgan fingerprint density at radius 1 is 0.828 bits per heavy atom. The van der Waals surface area contributed by atoms with Crippen molar-refractivity contribution in [3.63, 3.8) is 0 Å². The van der Waals surface area contributed by atoms with Crippen LogP contribution < -0.4 is 4.74 Å². The fourth-order valence-electron chi connectivity index (χ4n) is 3.97. The van der Waals surface area contributed by atoms with Gasteiger partial charge in [-0.15, -0.1) is 0 Å². The van der Waals surface area contributed by atoms with Crippen molar-refractivity contribution in [2.75, 3.05) is 0 Å². The van der Waals surface area contributed by atoms with Crippen LogP contribution in [0, 0.1) is 5.92 Å². The Labute approximate surface area is 166 Å². The van der Waals surface area contributed by atoms with E-state index in [4.69, 9.17) is 4.74 Å². The molecule has 1 N–H and O–H groups in total. The van der Waals surface area contributed by atoms with Gasteiger partial charge in [0, 0.05) is 11.1 Å². The van der Waals surface area contributed by atoms with Crippen molar-refractivity contribution in [2.24, 2.45) is 5.92 Å². The van der Waals surface area contributed by atoms with E-state index in [1.807, 2.05) is 30.3 Å². The van der Waals surface area contributed by atoms with Crippen LogP contribution in [0.15, 0.2) is 66.7 Å². The molecule has 0 bridgehead atoms. The van der Waals surface area contributed by atoms with Crippen molar-refractivity contribution in [2.45, 2.75) is 12.3 Å². The minimum absolute atomic E-state index is 0.00867. The number of phenolic OH excluding ortho intramolecular Hbond substituents is 1. The molecule has 2 atom stereocenters. The summed E-state index contributed by atoms with van der Waals surface area (Å²) in [6.45, 7) is 0. The number of ketones is 2. The number of ether oxygens (including phenoxy) is 1. The SMILES string of the molecule is O=C1c2ccccc2C(=O)c2c(OC(=O)[C@H]3C[C@H]3c3ccccc3)ccc(O)c21. The number of phenols is 1. The molecule has 5 rings (SSSR count). The maximum Gasteiger partial charge on any atom is 0.314 e. The first-order valence-electron chi connectivity index (χ1n) is 9.37. The fraction of sp³-hybridized carbons (Fsp3) is 0.125. The van der Waals surface area contributed by atoms with Crippen LogP contribution in [0.2, 0.25) is 0 Å². The van der Waals surface area contributed by atoms with Gasteiger partial charge < -0.3 is 9.84 Å². The van der Waals surface area contributed by atoms with Crippen LogP contribution in [-0.2, 0) is 4.79 Å². The van der Waals surface area contributed by atoms with Crippen LogP contribution in [0.4, 0.5) is 0 Å². The van der Waals surface area contributed by atoms with E-state index in [1.165, 1.54) is 12.1 Å². The number of carbonyl (C=O) groups is 3. The molecular formula is C24H16O5. The maximum absolute atomic E-state index is 13.0. The van der Waals surface area contributed by atoms with Crippen molar-refractivity contribution in [3.05, 3.63) is 94.5 Å². The third-order valence-electron chi connectivity index (χ3n) is 5.55. The van der Waals surface area contributed by atoms with Crippen LogP contribution in [0.3, 0.4) is 0 Å². The van der Waals surface area contributed by atoms with E-state index in [-0.39, 0.29) is 45.6 Å². The van der Waals surface area contributed by atoms with Gasteiger partial charge in [0.25, 0.3) is 0 Å². The monoisotopic (exact) mass is 384 g/mol. The number of esters is 1. The molecule has 5 heteroatoms. The van der Waals surface area contributed by atoms with Gasteiger partial charge in [0.05, 0.1) is 17.0 Å². The molecule has 3 aromatic rings. The second-order valence-corrected chi connectivity index (χ2v) is 7.32. The molecule has 0 amide bonds. The van der Waals surface area contributed by atoms with Gasteiger partial charge in [0.1, 0.15) is 11.5 Å². The maximum atomic E-state index is 13.0. The first kappa shape index (κ1) is 17.4. The number of hydrogen-bond acceptors (Lipinski definition) is 5. The van der Waals surface area contributed by atoms with Crippen LogP contribution in [0.25, 0.3) is 0 Å². The number of aromatic hydroxyl groups is 1. The van der Waals surface area contributed by atoms with Crippen molar-refractivity contribution in [1.29, 1.82) is 0 Å². The summed E-state index contributed by atoms with van der Waals surface area (Å²) in [6, 6.07) is 18.8. The topological polar surface area (TPSA) is 80.7 Å². The number of carbonyl (C=O) groups excluding carboxylic acids is 3. The van der Waals surface area contributed by atoms with E-state index in [9.17, 15) is 19.5 Å². The molecule has 1 saturated carbocycles. The summed E-state index contributed by atoms with van der Waals surface area (Å²) in [5.41, 5.74) is 1.37. The molecule has 2 aliphatic carbocycles. The fourth-order valence-corrected chi connectivity index (χ4v) is 3.97. The molecule has 5 nitrogen and oxygen atoms in total. The van der Waals surface area contributed by atoms with Gasteiger partial charge in [-0.1, -0.05) is 54.6 Å². The lowest BCUT2D eigenvalue weighted by Crippen LogP contribution is -2.23. The van der Waals surface area contributed by atoms with Gasteiger partial charge in [0.2, 0.25) is 0 Å². The minimum Gasteiger partial charge on any atom is -0.507 e. The quantitative estimate of drug-likeness (QED) is 0.428. The Balaban J connectivity index is 1.48. The Morgan fingerprint density at radius 2 is 1.45 bits per heavy atom. The normalized spacial score (nSPS) is 19.3. The summed E-state index contributed by atoms with van der Waals surface area (Å²) in [5.74, 6) is -1.83. The van der Waals surface area contributed by atoms with Gasteiger partial charge in [0.15, 0.2) is 11.6 Å². The van der Waals surface area contributed by atoms with E-state index < -0.39 is 17.5 Å². The average molecular weight is 384 g/mol. The molecule has 0 aliphatic heterocycles. The lowest BCUT2D eigenvalue weighted by Gasteiger charge is -2.20. The van der Waals surface area contributed by atoms with Gasteiger partial charge in [-0.2, -0.15) is 0 Å². The number of hydrogen-bond donors (Lipinski definition) is 1. The van der Waals surface area contributed by atoms with E-state index >= 15 is 0 Å². The third-order valence-corrected chi connectivity index (χ3v) is 5.55. The lowest BCUT2D eigenvalue weighted by atomic mass is 9.83. The highest BCUT2D eigenvalue weighted by Crippen LogP contribution is 2.48. The molecule has 0 aromatic heterocycles. The molecule has 29 heavy (non-hydrogen) atoms. The van der Waals surface area contributed by atoms with Crippen molar-refractivity contribution in [1.82, 2.24) is 0 Å². The highest BCUT2D eigenvalue weighted by Gasteiger charge is 2.46. The summed E-state index contributed by atoms with van der Waals surface area (Å²) in [6.07, 6.45) is 0.679. The summed E-state index contributed by atoms with van der Waals surface area (Å²) < 4.78 is 5.55. The Morgan fingerprint density at radius 3 is 2.14 bits per heavy atom. The summed E-state index contributed by atoms with van der Waals surface area (Å²) in [4.78, 5) is 38.5. The van der Waals surface area contributed by atoms with E-state index in [2.05, 4.69) is 0 Å². The largest absolute Gasteiger partial charge is 0.507 e. The number of rotatable bonds is 3. The molecule has 0 radical (unpaired) electrons. The van der Waals surface area contributed by atoms with Crippen LogP contribution >= 0.6 is 0 Å². The molecule has 0 spiro atoms. The first-order chi connectivity index (χ1) is 14.1. The summed E-state index contributed by atoms with van der Waals surface area (Å²) in [7, 11) is 0. The van der Waals surface area contributed by atoms with Crippen molar-refractivity contribution >= 4 is 17.5 Å². The van der Waals surface area contributed by atoms with Crippen LogP contribution in [-0.4, -0.2) is 22.6 Å². The minimum atomic E-state index is -0.459. The van der Waals surface area contributed by atoms with E-state index in [0.29, 0.717) is 6.42 Å². The molecule has 3 aromatic carbocycles. The Bertz CT molecular complexity index is 1180. The predicted octanol–water partition coefficient (Wildman–Crippen LogP) is 3.88. The summed E-state index contributed by atoms with van der Waals surface area (Å²) in [5, 5.41) is 10.2. The van der Waals surface area contributed by atoms with E-state index in [0.717, 1.165) is 5.56 Å². The zero-order chi connectivity index (χ0) is 20.1. The molecule has 0 saturated heterocycles. The molecule has 0 heterocycles. The van der Waals surface area contributed by atoms with E-state index in [1.54, 1.807) is 24.3 Å². The Hall–Kier alpha value is -3.73. The van der Waals surface area contributed by atoms with Crippen molar-refractivity contribution in [3.8, 4) is 11.5 Å². The van der Waals surface area contributed by atoms with Crippen LogP contribution in [0.5, 0.6) is 11.5 Å². The standard InChI is InChI=1S/C24H16O5/c25-18-10-11-19(29-24(28)17-12-16(17)13-6-2-1-3-7-13)21-20(18)22(26)14-8-4-5-9-15(14)23(21)27/h1-11,16-17,25H,12H2/t16-,17-/m0/s1. The molecule has 0 unspecified atom stereocenters. The summed E-state index contributed by atoms with van der Waals surface area (Å²) >= 11 is 0. The highest BCUT2D eigenvalue weighted by atomic mass is 16.5. The zero-order valence-electron chi connectivity index (χ0n) is 15.3. The lowest BCUT2D eigenvalue weighted by molar-refractivity contribution is -0.135. The van der Waals surface area contributed by atoms with Crippen LogP contribution in [0.1, 0.15) is 49.7 Å². The predicted molar refractivity (Wildman–Crippen MR) is 104 cm³/mol. The highest BCUT2D eigenvalue weighted by molar-refractivity contribution is 6.30. The number of benzene rings is 3. The average Bonchev–Trinajstić information content (AvgIpc) is 3.55. The first-order valence-corrected chi connectivity index (χ1v) is 9.37. The second-order valence-electron chi connectivity index (χ2n) is 7.32. The molecule has 1 fully saturated rings. The zero-order valence-corrected chi connectivity index (χ0v) is 15.3. The smallest absolute Gasteiger partial charge is 0.314 e. The van der Waals surface area contributed by atoms with Crippen molar-refractivity contribution < 1.29 is 24.2 Å². The second kappa shape index (κ2) is 6.41. The van der Waals surface area contributed by atoms with Gasteiger partial charge >= 0.3 is 5.97 Å². The van der Waals surface area contributed by atoms with Gasteiger partial charge in [-0.05, 0) is 30.0 Å². The molecule has 142 valence electrons. The molecule has 2 aliphatic rings. The van der Waals surface area contributed by atoms with Gasteiger partial charge in [-0.25, -0.2) is 0 Å².